The number of aromatic carboxylic acids is 1. The van der Waals surface area contributed by atoms with E-state index in [9.17, 15) is 4.79 Å². The predicted octanol–water partition coefficient (Wildman–Crippen LogP) is 3.49. The van der Waals surface area contributed by atoms with Gasteiger partial charge in [0.05, 0.1) is 11.3 Å². The van der Waals surface area contributed by atoms with Crippen molar-refractivity contribution in [1.82, 2.24) is 10.2 Å². The summed E-state index contributed by atoms with van der Waals surface area (Å²) in [6.07, 6.45) is 0. The highest BCUT2D eigenvalue weighted by Crippen LogP contribution is 2.27. The lowest BCUT2D eigenvalue weighted by Gasteiger charge is -2.14. The van der Waals surface area contributed by atoms with Crippen LogP contribution in [0.2, 0.25) is 0 Å². The van der Waals surface area contributed by atoms with Gasteiger partial charge in [-0.05, 0) is 12.1 Å². The van der Waals surface area contributed by atoms with Crippen LogP contribution in [0, 0.1) is 0 Å². The van der Waals surface area contributed by atoms with Gasteiger partial charge in [-0.3, -0.25) is 5.10 Å². The maximum absolute atomic E-state index is 11.2. The fourth-order valence-electron chi connectivity index (χ4n) is 1.74. The van der Waals surface area contributed by atoms with Crippen LogP contribution in [-0.2, 0) is 5.41 Å². The number of hydrogen-bond donors (Lipinski definition) is 2. The first kappa shape index (κ1) is 15.2. The molecule has 1 aromatic heterocycles. The molecule has 0 amide bonds. The van der Waals surface area contributed by atoms with Gasteiger partial charge in [0.2, 0.25) is 0 Å². The maximum Gasteiger partial charge on any atom is 0.336 e. The summed E-state index contributed by atoms with van der Waals surface area (Å²) in [5.74, 6) is -0.939. The fraction of sp³-hybridized carbons (Fsp3) is 0.286. The molecule has 1 aromatic carbocycles. The van der Waals surface area contributed by atoms with Gasteiger partial charge in [0.15, 0.2) is 0 Å². The quantitative estimate of drug-likeness (QED) is 0.885. The van der Waals surface area contributed by atoms with Crippen LogP contribution in [0.5, 0.6) is 0 Å². The number of aromatic amines is 1. The number of carboxylic acid groups (broad SMARTS) is 1. The van der Waals surface area contributed by atoms with Crippen molar-refractivity contribution in [2.75, 3.05) is 0 Å². The summed E-state index contributed by atoms with van der Waals surface area (Å²) in [6, 6.07) is 8.79. The third-order valence-corrected chi connectivity index (χ3v) is 2.82. The van der Waals surface area contributed by atoms with E-state index in [-0.39, 0.29) is 23.4 Å². The first-order valence-corrected chi connectivity index (χ1v) is 5.78. The van der Waals surface area contributed by atoms with Crippen molar-refractivity contribution in [3.63, 3.8) is 0 Å². The molecular formula is C14H17ClN2O2. The number of aromatic nitrogens is 2. The Morgan fingerprint density at radius 1 is 1.26 bits per heavy atom. The molecule has 0 aliphatic rings. The standard InChI is InChI=1S/C14H16N2O2.ClH/c1-14(2,3)12-8-11(15-16-12)9-6-4-5-7-10(9)13(17)18;/h4-8H,1-3H3,(H,15,16)(H,17,18);1H. The van der Waals surface area contributed by atoms with Crippen molar-refractivity contribution in [1.29, 1.82) is 0 Å². The molecule has 5 heteroatoms. The van der Waals surface area contributed by atoms with Gasteiger partial charge >= 0.3 is 5.97 Å². The van der Waals surface area contributed by atoms with Gasteiger partial charge in [-0.15, -0.1) is 12.4 Å². The highest BCUT2D eigenvalue weighted by molar-refractivity contribution is 5.95. The van der Waals surface area contributed by atoms with Crippen LogP contribution in [0.1, 0.15) is 36.8 Å². The Kier molecular flexibility index (Phi) is 4.37. The van der Waals surface area contributed by atoms with Gasteiger partial charge in [-0.1, -0.05) is 39.0 Å². The van der Waals surface area contributed by atoms with Gasteiger partial charge in [0, 0.05) is 16.7 Å². The minimum absolute atomic E-state index is 0. The Hall–Kier alpha value is -1.81. The highest BCUT2D eigenvalue weighted by Gasteiger charge is 2.19. The Labute approximate surface area is 118 Å². The topological polar surface area (TPSA) is 66.0 Å². The molecule has 19 heavy (non-hydrogen) atoms. The minimum Gasteiger partial charge on any atom is -0.478 e. The molecule has 2 N–H and O–H groups in total. The zero-order valence-corrected chi connectivity index (χ0v) is 11.9. The second kappa shape index (κ2) is 5.45. The zero-order valence-electron chi connectivity index (χ0n) is 11.1. The normalized spacial score (nSPS) is 10.9. The van der Waals surface area contributed by atoms with Crippen LogP contribution in [0.3, 0.4) is 0 Å². The Morgan fingerprint density at radius 3 is 2.42 bits per heavy atom. The van der Waals surface area contributed by atoms with Gasteiger partial charge < -0.3 is 5.11 Å². The van der Waals surface area contributed by atoms with Crippen molar-refractivity contribution >= 4 is 18.4 Å². The third-order valence-electron chi connectivity index (χ3n) is 2.82. The summed E-state index contributed by atoms with van der Waals surface area (Å²) in [7, 11) is 0. The maximum atomic E-state index is 11.2. The molecule has 2 aromatic rings. The van der Waals surface area contributed by atoms with Crippen LogP contribution in [0.25, 0.3) is 11.3 Å². The summed E-state index contributed by atoms with van der Waals surface area (Å²) in [4.78, 5) is 11.2. The number of H-pyrrole nitrogens is 1. The van der Waals surface area contributed by atoms with E-state index in [0.717, 1.165) is 5.69 Å². The van der Waals surface area contributed by atoms with Crippen molar-refractivity contribution in [2.24, 2.45) is 0 Å². The fourth-order valence-corrected chi connectivity index (χ4v) is 1.74. The number of nitrogens with one attached hydrogen (secondary N) is 1. The number of halogens is 1. The van der Waals surface area contributed by atoms with E-state index < -0.39 is 5.97 Å². The molecule has 0 spiro atoms. The van der Waals surface area contributed by atoms with E-state index in [1.54, 1.807) is 18.2 Å². The number of carbonyl (C=O) groups is 1. The van der Waals surface area contributed by atoms with Crippen molar-refractivity contribution in [3.8, 4) is 11.3 Å². The Morgan fingerprint density at radius 2 is 1.89 bits per heavy atom. The predicted molar refractivity (Wildman–Crippen MR) is 76.9 cm³/mol. The molecule has 0 aliphatic heterocycles. The van der Waals surface area contributed by atoms with Crippen LogP contribution < -0.4 is 0 Å². The van der Waals surface area contributed by atoms with Crippen LogP contribution in [0.15, 0.2) is 30.3 Å². The average Bonchev–Trinajstić information content (AvgIpc) is 2.77. The number of rotatable bonds is 2. The minimum atomic E-state index is -0.939. The molecule has 0 saturated carbocycles. The molecule has 4 nitrogen and oxygen atoms in total. The van der Waals surface area contributed by atoms with Crippen LogP contribution >= 0.6 is 12.4 Å². The van der Waals surface area contributed by atoms with E-state index >= 15 is 0 Å². The molecule has 0 unspecified atom stereocenters. The average molecular weight is 281 g/mol. The van der Waals surface area contributed by atoms with E-state index in [1.165, 1.54) is 0 Å². The SMILES string of the molecule is CC(C)(C)c1cc(-c2ccccc2C(=O)O)n[nH]1.Cl. The lowest BCUT2D eigenvalue weighted by atomic mass is 9.91. The van der Waals surface area contributed by atoms with Crippen LogP contribution in [0.4, 0.5) is 0 Å². The van der Waals surface area contributed by atoms with Gasteiger partial charge in [0.25, 0.3) is 0 Å². The van der Waals surface area contributed by atoms with E-state index in [1.807, 2.05) is 12.1 Å². The van der Waals surface area contributed by atoms with Crippen molar-refractivity contribution in [2.45, 2.75) is 26.2 Å². The summed E-state index contributed by atoms with van der Waals surface area (Å²) in [5.41, 5.74) is 2.51. The second-order valence-corrected chi connectivity index (χ2v) is 5.27. The number of nitrogens with zero attached hydrogens (tertiary/aromatic N) is 1. The number of carboxylic acids is 1. The van der Waals surface area contributed by atoms with Crippen molar-refractivity contribution in [3.05, 3.63) is 41.6 Å². The molecule has 0 aliphatic carbocycles. The molecule has 102 valence electrons. The first-order chi connectivity index (χ1) is 8.39. The Bertz CT molecular complexity index is 585. The highest BCUT2D eigenvalue weighted by atomic mass is 35.5. The molecule has 0 fully saturated rings. The van der Waals surface area contributed by atoms with E-state index in [2.05, 4.69) is 31.0 Å². The van der Waals surface area contributed by atoms with Gasteiger partial charge in [-0.2, -0.15) is 5.10 Å². The molecule has 0 radical (unpaired) electrons. The monoisotopic (exact) mass is 280 g/mol. The Balaban J connectivity index is 0.00000180. The summed E-state index contributed by atoms with van der Waals surface area (Å²) >= 11 is 0. The second-order valence-electron chi connectivity index (χ2n) is 5.27. The molecule has 0 saturated heterocycles. The lowest BCUT2D eigenvalue weighted by molar-refractivity contribution is 0.0697. The van der Waals surface area contributed by atoms with Gasteiger partial charge in [0.1, 0.15) is 0 Å². The number of hydrogen-bond acceptors (Lipinski definition) is 2. The molecule has 0 atom stereocenters. The first-order valence-electron chi connectivity index (χ1n) is 5.78. The largest absolute Gasteiger partial charge is 0.478 e. The van der Waals surface area contributed by atoms with E-state index in [0.29, 0.717) is 11.3 Å². The lowest BCUT2D eigenvalue weighted by Crippen LogP contribution is -2.11. The smallest absolute Gasteiger partial charge is 0.336 e. The number of benzene rings is 1. The van der Waals surface area contributed by atoms with Crippen LogP contribution in [-0.4, -0.2) is 21.3 Å². The van der Waals surface area contributed by atoms with E-state index in [4.69, 9.17) is 5.11 Å². The molecule has 1 heterocycles. The van der Waals surface area contributed by atoms with Crippen molar-refractivity contribution < 1.29 is 9.90 Å². The zero-order chi connectivity index (χ0) is 13.3. The third kappa shape index (κ3) is 3.15. The summed E-state index contributed by atoms with van der Waals surface area (Å²) in [5, 5.41) is 16.3. The molecular weight excluding hydrogens is 264 g/mol. The molecule has 0 bridgehead atoms. The molecule has 2 rings (SSSR count). The summed E-state index contributed by atoms with van der Waals surface area (Å²) in [6.45, 7) is 6.23. The summed E-state index contributed by atoms with van der Waals surface area (Å²) < 4.78 is 0. The van der Waals surface area contributed by atoms with Gasteiger partial charge in [-0.25, -0.2) is 4.79 Å².